The van der Waals surface area contributed by atoms with E-state index in [1.165, 1.54) is 18.3 Å². The lowest BCUT2D eigenvalue weighted by Gasteiger charge is -2.13. The smallest absolute Gasteiger partial charge is 0.352 e. The van der Waals surface area contributed by atoms with Gasteiger partial charge in [-0.05, 0) is 18.1 Å². The van der Waals surface area contributed by atoms with Crippen LogP contribution in [0.15, 0.2) is 60.8 Å². The predicted molar refractivity (Wildman–Crippen MR) is 91.5 cm³/mol. The maximum Gasteiger partial charge on any atom is 0.416 e. The van der Waals surface area contributed by atoms with Crippen LogP contribution in [-0.2, 0) is 12.6 Å². The molecule has 0 aliphatic carbocycles. The van der Waals surface area contributed by atoms with E-state index in [2.05, 4.69) is 15.5 Å². The Bertz CT molecular complexity index is 888. The number of aromatic nitrogens is 2. The lowest BCUT2D eigenvalue weighted by molar-refractivity contribution is -0.138. The van der Waals surface area contributed by atoms with Gasteiger partial charge < -0.3 is 5.32 Å². The zero-order valence-corrected chi connectivity index (χ0v) is 13.7. The van der Waals surface area contributed by atoms with E-state index in [4.69, 9.17) is 0 Å². The van der Waals surface area contributed by atoms with Crippen molar-refractivity contribution in [1.29, 1.82) is 0 Å². The number of halogens is 3. The quantitative estimate of drug-likeness (QED) is 0.722. The molecule has 0 fully saturated rings. The molecule has 0 aliphatic heterocycles. The first-order valence-corrected chi connectivity index (χ1v) is 7.99. The normalized spacial score (nSPS) is 11.3. The van der Waals surface area contributed by atoms with Crippen molar-refractivity contribution in [3.8, 4) is 11.3 Å². The number of aromatic amines is 1. The number of H-pyrrole nitrogens is 1. The SMILES string of the molecule is O=C(NCCc1ccccc1C(F)(F)F)c1cn[nH]c1-c1ccccc1. The summed E-state index contributed by atoms with van der Waals surface area (Å²) in [5, 5.41) is 9.33. The number of carbonyl (C=O) groups excluding carboxylic acids is 1. The Morgan fingerprint density at radius 3 is 2.46 bits per heavy atom. The Balaban J connectivity index is 1.68. The van der Waals surface area contributed by atoms with Gasteiger partial charge >= 0.3 is 6.18 Å². The molecule has 0 saturated carbocycles. The first-order chi connectivity index (χ1) is 12.5. The third-order valence-electron chi connectivity index (χ3n) is 3.95. The maximum atomic E-state index is 13.0. The molecule has 0 atom stereocenters. The highest BCUT2D eigenvalue weighted by Gasteiger charge is 2.32. The van der Waals surface area contributed by atoms with Gasteiger partial charge in [-0.1, -0.05) is 48.5 Å². The third kappa shape index (κ3) is 3.93. The van der Waals surface area contributed by atoms with Crippen LogP contribution in [0.25, 0.3) is 11.3 Å². The molecule has 1 amide bonds. The average Bonchev–Trinajstić information content (AvgIpc) is 3.12. The molecule has 4 nitrogen and oxygen atoms in total. The van der Waals surface area contributed by atoms with Crippen molar-refractivity contribution >= 4 is 5.91 Å². The Morgan fingerprint density at radius 2 is 1.73 bits per heavy atom. The Morgan fingerprint density at radius 1 is 1.04 bits per heavy atom. The topological polar surface area (TPSA) is 57.8 Å². The predicted octanol–water partition coefficient (Wildman–Crippen LogP) is 4.07. The summed E-state index contributed by atoms with van der Waals surface area (Å²) in [7, 11) is 0. The highest BCUT2D eigenvalue weighted by atomic mass is 19.4. The standard InChI is InChI=1S/C19H16F3N3O/c20-19(21,22)16-9-5-4-6-13(16)10-11-23-18(26)15-12-24-25-17(15)14-7-2-1-3-8-14/h1-9,12H,10-11H2,(H,23,26)(H,24,25). The minimum absolute atomic E-state index is 0.0833. The van der Waals surface area contributed by atoms with Crippen molar-refractivity contribution in [2.24, 2.45) is 0 Å². The molecule has 0 saturated heterocycles. The lowest BCUT2D eigenvalue weighted by atomic mass is 10.0. The number of hydrogen-bond acceptors (Lipinski definition) is 2. The second-order valence-corrected chi connectivity index (χ2v) is 5.69. The fourth-order valence-corrected chi connectivity index (χ4v) is 2.70. The van der Waals surface area contributed by atoms with Gasteiger partial charge in [0, 0.05) is 12.1 Å². The molecule has 0 spiro atoms. The van der Waals surface area contributed by atoms with Crippen molar-refractivity contribution in [1.82, 2.24) is 15.5 Å². The Labute approximate surface area is 148 Å². The van der Waals surface area contributed by atoms with E-state index >= 15 is 0 Å². The summed E-state index contributed by atoms with van der Waals surface area (Å²) in [5.41, 5.74) is 1.19. The molecular weight excluding hydrogens is 343 g/mol. The molecule has 134 valence electrons. The number of benzene rings is 2. The van der Waals surface area contributed by atoms with Gasteiger partial charge in [-0.15, -0.1) is 0 Å². The molecule has 3 aromatic rings. The number of alkyl halides is 3. The molecule has 0 unspecified atom stereocenters. The van der Waals surface area contributed by atoms with Gasteiger partial charge in [-0.25, -0.2) is 0 Å². The molecule has 2 aromatic carbocycles. The van der Waals surface area contributed by atoms with Crippen molar-refractivity contribution in [2.75, 3.05) is 6.54 Å². The average molecular weight is 359 g/mol. The van der Waals surface area contributed by atoms with Gasteiger partial charge in [0.2, 0.25) is 0 Å². The molecular formula is C19H16F3N3O. The molecule has 7 heteroatoms. The molecule has 3 rings (SSSR count). The Kier molecular flexibility index (Phi) is 5.06. The van der Waals surface area contributed by atoms with Crippen molar-refractivity contribution in [2.45, 2.75) is 12.6 Å². The summed E-state index contributed by atoms with van der Waals surface area (Å²) in [6, 6.07) is 14.6. The summed E-state index contributed by atoms with van der Waals surface area (Å²) < 4.78 is 39.0. The molecule has 1 aromatic heterocycles. The van der Waals surface area contributed by atoms with Crippen LogP contribution in [0.2, 0.25) is 0 Å². The van der Waals surface area contributed by atoms with Crippen molar-refractivity contribution in [3.05, 3.63) is 77.5 Å². The van der Waals surface area contributed by atoms with Crippen molar-refractivity contribution < 1.29 is 18.0 Å². The summed E-state index contributed by atoms with van der Waals surface area (Å²) in [5.74, 6) is -0.387. The van der Waals surface area contributed by atoms with E-state index in [0.717, 1.165) is 11.6 Å². The number of hydrogen-bond donors (Lipinski definition) is 2. The van der Waals surface area contributed by atoms with Gasteiger partial charge in [0.25, 0.3) is 5.91 Å². The Hall–Kier alpha value is -3.09. The number of amides is 1. The van der Waals surface area contributed by atoms with Gasteiger partial charge in [0.15, 0.2) is 0 Å². The fraction of sp³-hybridized carbons (Fsp3) is 0.158. The van der Waals surface area contributed by atoms with Crippen LogP contribution < -0.4 is 5.32 Å². The molecule has 0 radical (unpaired) electrons. The minimum Gasteiger partial charge on any atom is -0.352 e. The molecule has 1 heterocycles. The fourth-order valence-electron chi connectivity index (χ4n) is 2.70. The lowest BCUT2D eigenvalue weighted by Crippen LogP contribution is -2.26. The van der Waals surface area contributed by atoms with Crippen LogP contribution in [0, 0.1) is 0 Å². The summed E-state index contributed by atoms with van der Waals surface area (Å²) in [6.45, 7) is 0.0886. The van der Waals surface area contributed by atoms with Crippen molar-refractivity contribution in [3.63, 3.8) is 0 Å². The van der Waals surface area contributed by atoms with E-state index in [1.807, 2.05) is 30.3 Å². The van der Waals surface area contributed by atoms with Crippen LogP contribution in [0.1, 0.15) is 21.5 Å². The van der Waals surface area contributed by atoms with E-state index in [-0.39, 0.29) is 24.4 Å². The minimum atomic E-state index is -4.41. The van der Waals surface area contributed by atoms with Crippen LogP contribution in [0.5, 0.6) is 0 Å². The van der Waals surface area contributed by atoms with E-state index < -0.39 is 11.7 Å². The first kappa shape index (κ1) is 17.7. The second-order valence-electron chi connectivity index (χ2n) is 5.69. The second kappa shape index (κ2) is 7.43. The molecule has 0 bridgehead atoms. The molecule has 26 heavy (non-hydrogen) atoms. The number of carbonyl (C=O) groups is 1. The van der Waals surface area contributed by atoms with Gasteiger partial charge in [0.1, 0.15) is 0 Å². The first-order valence-electron chi connectivity index (χ1n) is 7.99. The zero-order valence-electron chi connectivity index (χ0n) is 13.7. The summed E-state index contributed by atoms with van der Waals surface area (Å²) >= 11 is 0. The van der Waals surface area contributed by atoms with Gasteiger partial charge in [0.05, 0.1) is 23.0 Å². The van der Waals surface area contributed by atoms with Crippen LogP contribution >= 0.6 is 0 Å². The molecule has 0 aliphatic rings. The monoisotopic (exact) mass is 359 g/mol. The van der Waals surface area contributed by atoms with Gasteiger partial charge in [-0.3, -0.25) is 9.89 Å². The van der Waals surface area contributed by atoms with E-state index in [1.54, 1.807) is 6.07 Å². The van der Waals surface area contributed by atoms with Crippen LogP contribution in [0.3, 0.4) is 0 Å². The van der Waals surface area contributed by atoms with E-state index in [0.29, 0.717) is 11.3 Å². The third-order valence-corrected chi connectivity index (χ3v) is 3.95. The van der Waals surface area contributed by atoms with Crippen LogP contribution in [0.4, 0.5) is 13.2 Å². The number of nitrogens with one attached hydrogen (secondary N) is 2. The van der Waals surface area contributed by atoms with E-state index in [9.17, 15) is 18.0 Å². The largest absolute Gasteiger partial charge is 0.416 e. The highest BCUT2D eigenvalue weighted by Crippen LogP contribution is 2.31. The zero-order chi connectivity index (χ0) is 18.6. The molecule has 2 N–H and O–H groups in total. The number of rotatable bonds is 5. The van der Waals surface area contributed by atoms with Crippen LogP contribution in [-0.4, -0.2) is 22.6 Å². The summed E-state index contributed by atoms with van der Waals surface area (Å²) in [4.78, 5) is 12.4. The number of nitrogens with zero attached hydrogens (tertiary/aromatic N) is 1. The highest BCUT2D eigenvalue weighted by molar-refractivity contribution is 5.99. The summed E-state index contributed by atoms with van der Waals surface area (Å²) in [6.07, 6.45) is -2.92. The van der Waals surface area contributed by atoms with Gasteiger partial charge in [-0.2, -0.15) is 18.3 Å². The maximum absolute atomic E-state index is 13.0.